The van der Waals surface area contributed by atoms with Crippen molar-refractivity contribution in [1.82, 2.24) is 20.0 Å². The summed E-state index contributed by atoms with van der Waals surface area (Å²) in [5, 5.41) is 7.47. The Bertz CT molecular complexity index is 1030. The molecule has 6 nitrogen and oxygen atoms in total. The minimum Gasteiger partial charge on any atom is -0.497 e. The molecule has 0 saturated carbocycles. The number of hydrogen-bond donors (Lipinski definition) is 1. The SMILES string of the molecule is COc1ccc(-c2cc(C(=O)N3CCCC4=CC5CC(CN6CCCCC56)C43)[nH]n2)cc1. The third-order valence-corrected chi connectivity index (χ3v) is 8.11. The molecule has 1 aromatic carbocycles. The maximum absolute atomic E-state index is 13.6. The number of hydrogen-bond acceptors (Lipinski definition) is 4. The molecule has 0 spiro atoms. The number of carbonyl (C=O) groups is 1. The van der Waals surface area contributed by atoms with Gasteiger partial charge in [0.1, 0.15) is 11.4 Å². The second-order valence-electron chi connectivity index (χ2n) is 9.90. The van der Waals surface area contributed by atoms with E-state index in [0.717, 1.165) is 49.0 Å². The summed E-state index contributed by atoms with van der Waals surface area (Å²) in [6, 6.07) is 10.7. The Labute approximate surface area is 189 Å². The molecule has 3 aliphatic heterocycles. The first kappa shape index (κ1) is 20.0. The Morgan fingerprint density at radius 2 is 2.03 bits per heavy atom. The van der Waals surface area contributed by atoms with Crippen molar-refractivity contribution in [3.05, 3.63) is 47.7 Å². The number of H-pyrrole nitrogens is 1. The van der Waals surface area contributed by atoms with Gasteiger partial charge in [-0.05, 0) is 80.8 Å². The van der Waals surface area contributed by atoms with E-state index in [1.165, 1.54) is 37.8 Å². The Balaban J connectivity index is 1.25. The quantitative estimate of drug-likeness (QED) is 0.741. The number of amides is 1. The van der Waals surface area contributed by atoms with E-state index in [1.807, 2.05) is 30.3 Å². The molecule has 4 unspecified atom stereocenters. The van der Waals surface area contributed by atoms with Gasteiger partial charge in [0.25, 0.3) is 5.91 Å². The van der Waals surface area contributed by atoms with E-state index >= 15 is 0 Å². The van der Waals surface area contributed by atoms with Crippen LogP contribution in [0.5, 0.6) is 5.75 Å². The van der Waals surface area contributed by atoms with E-state index in [4.69, 9.17) is 4.74 Å². The number of ether oxygens (including phenoxy) is 1. The van der Waals surface area contributed by atoms with Gasteiger partial charge in [-0.3, -0.25) is 14.8 Å². The number of nitrogens with zero attached hydrogens (tertiary/aromatic N) is 3. The van der Waals surface area contributed by atoms with Crippen molar-refractivity contribution in [2.75, 3.05) is 26.7 Å². The van der Waals surface area contributed by atoms with Crippen molar-refractivity contribution in [1.29, 1.82) is 0 Å². The summed E-state index contributed by atoms with van der Waals surface area (Å²) in [6.07, 6.45) is 10.0. The highest BCUT2D eigenvalue weighted by Gasteiger charge is 2.47. The number of fused-ring (bicyclic) bond motifs is 6. The fourth-order valence-electron chi connectivity index (χ4n) is 6.70. The number of rotatable bonds is 3. The average molecular weight is 433 g/mol. The summed E-state index contributed by atoms with van der Waals surface area (Å²) in [6.45, 7) is 3.21. The summed E-state index contributed by atoms with van der Waals surface area (Å²) in [5.74, 6) is 2.14. The first-order valence-corrected chi connectivity index (χ1v) is 12.2. The number of likely N-dealkylation sites (tertiary alicyclic amines) is 1. The van der Waals surface area contributed by atoms with Gasteiger partial charge >= 0.3 is 0 Å². The average Bonchev–Trinajstić information content (AvgIpc) is 3.34. The summed E-state index contributed by atoms with van der Waals surface area (Å²) in [7, 11) is 1.66. The van der Waals surface area contributed by atoms with Crippen LogP contribution in [0.15, 0.2) is 42.0 Å². The molecule has 3 saturated heterocycles. The van der Waals surface area contributed by atoms with Crippen molar-refractivity contribution in [2.45, 2.75) is 50.6 Å². The highest BCUT2D eigenvalue weighted by atomic mass is 16.5. The second kappa shape index (κ2) is 8.07. The molecule has 1 amide bonds. The Morgan fingerprint density at radius 1 is 1.16 bits per heavy atom. The van der Waals surface area contributed by atoms with Crippen molar-refractivity contribution in [3.8, 4) is 17.0 Å². The lowest BCUT2D eigenvalue weighted by Crippen LogP contribution is -2.60. The van der Waals surface area contributed by atoms with Crippen molar-refractivity contribution in [2.24, 2.45) is 11.8 Å². The summed E-state index contributed by atoms with van der Waals surface area (Å²) >= 11 is 0. The van der Waals surface area contributed by atoms with Gasteiger partial charge in [0, 0.05) is 24.7 Å². The smallest absolute Gasteiger partial charge is 0.272 e. The van der Waals surface area contributed by atoms with Crippen LogP contribution in [0.4, 0.5) is 0 Å². The molecule has 2 aromatic rings. The molecule has 3 fully saturated rings. The highest BCUT2D eigenvalue weighted by molar-refractivity contribution is 5.94. The van der Waals surface area contributed by atoms with Crippen molar-refractivity contribution in [3.63, 3.8) is 0 Å². The molecular weight excluding hydrogens is 400 g/mol. The number of piperidine rings is 3. The normalized spacial score (nSPS) is 29.7. The molecule has 4 heterocycles. The van der Waals surface area contributed by atoms with E-state index in [0.29, 0.717) is 17.5 Å². The molecule has 1 N–H and O–H groups in total. The maximum atomic E-state index is 13.6. The van der Waals surface area contributed by atoms with Crippen LogP contribution in [-0.4, -0.2) is 64.7 Å². The number of aromatic amines is 1. The van der Waals surface area contributed by atoms with Crippen molar-refractivity contribution < 1.29 is 9.53 Å². The minimum atomic E-state index is 0.0899. The zero-order valence-corrected chi connectivity index (χ0v) is 18.8. The number of nitrogens with one attached hydrogen (secondary N) is 1. The summed E-state index contributed by atoms with van der Waals surface area (Å²) < 4.78 is 5.25. The molecular formula is C26H32N4O2. The van der Waals surface area contributed by atoms with Gasteiger partial charge < -0.3 is 9.64 Å². The fraction of sp³-hybridized carbons (Fsp3) is 0.538. The van der Waals surface area contributed by atoms with Gasteiger partial charge in [-0.15, -0.1) is 0 Å². The third kappa shape index (κ3) is 3.36. The van der Waals surface area contributed by atoms with E-state index < -0.39 is 0 Å². The first-order valence-electron chi connectivity index (χ1n) is 12.2. The molecule has 1 aromatic heterocycles. The Hall–Kier alpha value is -2.60. The van der Waals surface area contributed by atoms with Gasteiger partial charge in [0.15, 0.2) is 0 Å². The van der Waals surface area contributed by atoms with E-state index in [9.17, 15) is 4.79 Å². The standard InChI is InChI=1S/C26H32N4O2/c1-32-21-9-7-17(8-10-21)22-15-23(28-27-22)26(31)30-12-4-5-18-13-19-14-20(25(18)30)16-29-11-3-2-6-24(19)29/h7-10,13,15,19-20,24-25H,2-6,11-12,14,16H2,1H3,(H,27,28). The van der Waals surface area contributed by atoms with E-state index in [1.54, 1.807) is 7.11 Å². The second-order valence-corrected chi connectivity index (χ2v) is 9.90. The fourth-order valence-corrected chi connectivity index (χ4v) is 6.70. The van der Waals surface area contributed by atoms with E-state index in [-0.39, 0.29) is 11.9 Å². The van der Waals surface area contributed by atoms with Gasteiger partial charge in [0.05, 0.1) is 18.8 Å². The predicted molar refractivity (Wildman–Crippen MR) is 124 cm³/mol. The maximum Gasteiger partial charge on any atom is 0.272 e. The van der Waals surface area contributed by atoms with Crippen LogP contribution in [0.2, 0.25) is 0 Å². The lowest BCUT2D eigenvalue weighted by molar-refractivity contribution is 0.00131. The number of aromatic nitrogens is 2. The first-order chi connectivity index (χ1) is 15.7. The van der Waals surface area contributed by atoms with Crippen LogP contribution in [0, 0.1) is 11.8 Å². The van der Waals surface area contributed by atoms with Crippen LogP contribution in [0.25, 0.3) is 11.3 Å². The summed E-state index contributed by atoms with van der Waals surface area (Å²) in [4.78, 5) is 18.5. The van der Waals surface area contributed by atoms with Crippen LogP contribution in [0.3, 0.4) is 0 Å². The third-order valence-electron chi connectivity index (χ3n) is 8.11. The molecule has 1 aliphatic carbocycles. The minimum absolute atomic E-state index is 0.0899. The van der Waals surface area contributed by atoms with Crippen molar-refractivity contribution >= 4 is 5.91 Å². The monoisotopic (exact) mass is 432 g/mol. The van der Waals surface area contributed by atoms with Crippen LogP contribution < -0.4 is 4.74 Å². The molecule has 6 heteroatoms. The lowest BCUT2D eigenvalue weighted by Gasteiger charge is -2.54. The van der Waals surface area contributed by atoms with Crippen LogP contribution >= 0.6 is 0 Å². The largest absolute Gasteiger partial charge is 0.497 e. The molecule has 6 rings (SSSR count). The molecule has 4 aliphatic rings. The molecule has 2 bridgehead atoms. The van der Waals surface area contributed by atoms with E-state index in [2.05, 4.69) is 26.1 Å². The topological polar surface area (TPSA) is 61.5 Å². The zero-order chi connectivity index (χ0) is 21.7. The van der Waals surface area contributed by atoms with Gasteiger partial charge in [-0.1, -0.05) is 18.1 Å². The number of benzene rings is 1. The molecule has 168 valence electrons. The molecule has 0 radical (unpaired) electrons. The number of carbonyl (C=O) groups excluding carboxylic acids is 1. The van der Waals surface area contributed by atoms with Gasteiger partial charge in [-0.2, -0.15) is 5.10 Å². The summed E-state index contributed by atoms with van der Waals surface area (Å²) in [5.41, 5.74) is 3.88. The lowest BCUT2D eigenvalue weighted by atomic mass is 9.68. The van der Waals surface area contributed by atoms with Gasteiger partial charge in [-0.25, -0.2) is 0 Å². The number of methoxy groups -OCH3 is 1. The molecule has 32 heavy (non-hydrogen) atoms. The Morgan fingerprint density at radius 3 is 2.88 bits per heavy atom. The van der Waals surface area contributed by atoms with Gasteiger partial charge in [0.2, 0.25) is 0 Å². The Kier molecular flexibility index (Phi) is 5.05. The van der Waals surface area contributed by atoms with Crippen LogP contribution in [-0.2, 0) is 0 Å². The predicted octanol–water partition coefficient (Wildman–Crippen LogP) is 4.12. The highest BCUT2D eigenvalue weighted by Crippen LogP contribution is 2.45. The zero-order valence-electron chi connectivity index (χ0n) is 18.8. The molecule has 4 atom stereocenters. The van der Waals surface area contributed by atoms with Crippen LogP contribution in [0.1, 0.15) is 49.0 Å².